The van der Waals surface area contributed by atoms with Crippen LogP contribution in [0.3, 0.4) is 0 Å². The van der Waals surface area contributed by atoms with Crippen molar-refractivity contribution >= 4 is 28.8 Å². The van der Waals surface area contributed by atoms with E-state index in [1.807, 2.05) is 19.2 Å². The average molecular weight is 233 g/mol. The van der Waals surface area contributed by atoms with Crippen molar-refractivity contribution < 1.29 is 4.79 Å². The lowest BCUT2D eigenvalue weighted by Crippen LogP contribution is -2.37. The molecule has 0 saturated heterocycles. The van der Waals surface area contributed by atoms with Crippen molar-refractivity contribution in [3.05, 3.63) is 20.8 Å². The number of halogens is 1. The average Bonchev–Trinajstić information content (AvgIpc) is 2.47. The van der Waals surface area contributed by atoms with Crippen LogP contribution in [0.1, 0.15) is 22.2 Å². The molecule has 78 valence electrons. The number of hydrogen-bond donors (Lipinski definition) is 2. The Morgan fingerprint density at radius 3 is 2.86 bits per heavy atom. The molecule has 1 atom stereocenters. The molecule has 3 N–H and O–H groups in total. The minimum Gasteiger partial charge on any atom is -0.348 e. The van der Waals surface area contributed by atoms with Gasteiger partial charge in [0.05, 0.1) is 5.02 Å². The fourth-order valence-corrected chi connectivity index (χ4v) is 2.11. The Labute approximate surface area is 92.3 Å². The number of nitrogens with one attached hydrogen (secondary N) is 1. The van der Waals surface area contributed by atoms with E-state index in [9.17, 15) is 4.79 Å². The molecule has 0 fully saturated rings. The Morgan fingerprint density at radius 2 is 2.43 bits per heavy atom. The molecule has 1 heterocycles. The van der Waals surface area contributed by atoms with E-state index in [1.54, 1.807) is 0 Å². The van der Waals surface area contributed by atoms with Crippen molar-refractivity contribution in [2.45, 2.75) is 19.9 Å². The maximum absolute atomic E-state index is 11.6. The molecule has 1 rings (SSSR count). The van der Waals surface area contributed by atoms with Gasteiger partial charge in [0.1, 0.15) is 4.88 Å². The van der Waals surface area contributed by atoms with E-state index < -0.39 is 0 Å². The number of carbonyl (C=O) groups excluding carboxylic acids is 1. The molecule has 0 spiro atoms. The van der Waals surface area contributed by atoms with Gasteiger partial charge < -0.3 is 11.1 Å². The molecule has 0 aromatic carbocycles. The van der Waals surface area contributed by atoms with E-state index in [-0.39, 0.29) is 11.9 Å². The van der Waals surface area contributed by atoms with Crippen LogP contribution in [0.2, 0.25) is 5.02 Å². The van der Waals surface area contributed by atoms with Crippen LogP contribution < -0.4 is 11.1 Å². The molecule has 3 nitrogen and oxygen atoms in total. The van der Waals surface area contributed by atoms with Crippen molar-refractivity contribution in [1.82, 2.24) is 5.32 Å². The monoisotopic (exact) mass is 232 g/mol. The minimum atomic E-state index is -0.147. The summed E-state index contributed by atoms with van der Waals surface area (Å²) >= 11 is 7.30. The SMILES string of the molecule is Cc1csc(C(=O)NC(C)CN)c1Cl. The first-order valence-corrected chi connectivity index (χ1v) is 5.56. The van der Waals surface area contributed by atoms with Crippen LogP contribution in [0.5, 0.6) is 0 Å². The highest BCUT2D eigenvalue weighted by Gasteiger charge is 2.15. The number of thiophene rings is 1. The second-order valence-corrected chi connectivity index (χ2v) is 4.43. The normalized spacial score (nSPS) is 12.6. The van der Waals surface area contributed by atoms with E-state index in [4.69, 9.17) is 17.3 Å². The van der Waals surface area contributed by atoms with Crippen molar-refractivity contribution in [2.75, 3.05) is 6.54 Å². The van der Waals surface area contributed by atoms with Crippen LogP contribution >= 0.6 is 22.9 Å². The highest BCUT2D eigenvalue weighted by molar-refractivity contribution is 7.13. The van der Waals surface area contributed by atoms with E-state index in [0.29, 0.717) is 16.4 Å². The van der Waals surface area contributed by atoms with Gasteiger partial charge in [-0.05, 0) is 24.8 Å². The molecule has 0 radical (unpaired) electrons. The van der Waals surface area contributed by atoms with E-state index >= 15 is 0 Å². The molecule has 5 heteroatoms. The number of carbonyl (C=O) groups is 1. The Hall–Kier alpha value is -0.580. The first-order valence-electron chi connectivity index (χ1n) is 4.30. The Morgan fingerprint density at radius 1 is 1.79 bits per heavy atom. The first-order chi connectivity index (χ1) is 6.56. The fourth-order valence-electron chi connectivity index (χ4n) is 0.931. The van der Waals surface area contributed by atoms with Gasteiger partial charge in [-0.15, -0.1) is 11.3 Å². The minimum absolute atomic E-state index is 0.0269. The molecular weight excluding hydrogens is 220 g/mol. The maximum Gasteiger partial charge on any atom is 0.263 e. The summed E-state index contributed by atoms with van der Waals surface area (Å²) in [6, 6.07) is -0.0269. The number of hydrogen-bond acceptors (Lipinski definition) is 3. The highest BCUT2D eigenvalue weighted by atomic mass is 35.5. The van der Waals surface area contributed by atoms with Gasteiger partial charge in [0.2, 0.25) is 0 Å². The second kappa shape index (κ2) is 4.77. The summed E-state index contributed by atoms with van der Waals surface area (Å²) in [5.74, 6) is -0.147. The second-order valence-electron chi connectivity index (χ2n) is 3.17. The first kappa shape index (κ1) is 11.5. The Bertz CT molecular complexity index is 338. The van der Waals surface area contributed by atoms with Crippen molar-refractivity contribution in [3.63, 3.8) is 0 Å². The number of nitrogens with two attached hydrogens (primary N) is 1. The molecule has 0 aliphatic carbocycles. The molecule has 1 unspecified atom stereocenters. The standard InChI is InChI=1S/C9H13ClN2OS/c1-5-4-14-8(7(5)10)9(13)12-6(2)3-11/h4,6H,3,11H2,1-2H3,(H,12,13). The quantitative estimate of drug-likeness (QED) is 0.835. The van der Waals surface area contributed by atoms with Crippen molar-refractivity contribution in [3.8, 4) is 0 Å². The van der Waals surface area contributed by atoms with Crippen LogP contribution in [0.4, 0.5) is 0 Å². The zero-order valence-electron chi connectivity index (χ0n) is 8.13. The summed E-state index contributed by atoms with van der Waals surface area (Å²) in [7, 11) is 0. The molecule has 14 heavy (non-hydrogen) atoms. The zero-order valence-corrected chi connectivity index (χ0v) is 9.71. The van der Waals surface area contributed by atoms with Crippen molar-refractivity contribution in [2.24, 2.45) is 5.73 Å². The molecule has 0 aliphatic rings. The molecular formula is C9H13ClN2OS. The topological polar surface area (TPSA) is 55.1 Å². The summed E-state index contributed by atoms with van der Waals surface area (Å²) < 4.78 is 0. The van der Waals surface area contributed by atoms with E-state index in [2.05, 4.69) is 5.32 Å². The van der Waals surface area contributed by atoms with Gasteiger partial charge in [-0.2, -0.15) is 0 Å². The van der Waals surface area contributed by atoms with Gasteiger partial charge in [0, 0.05) is 12.6 Å². The summed E-state index contributed by atoms with van der Waals surface area (Å²) in [5, 5.41) is 5.17. The number of rotatable bonds is 3. The fraction of sp³-hybridized carbons (Fsp3) is 0.444. The summed E-state index contributed by atoms with van der Waals surface area (Å²) in [6.45, 7) is 4.15. The third kappa shape index (κ3) is 2.47. The lowest BCUT2D eigenvalue weighted by Gasteiger charge is -2.10. The van der Waals surface area contributed by atoms with Crippen LogP contribution in [-0.2, 0) is 0 Å². The largest absolute Gasteiger partial charge is 0.348 e. The summed E-state index contributed by atoms with van der Waals surface area (Å²) in [5.41, 5.74) is 6.33. The smallest absolute Gasteiger partial charge is 0.263 e. The van der Waals surface area contributed by atoms with E-state index in [0.717, 1.165) is 5.56 Å². The molecule has 1 amide bonds. The van der Waals surface area contributed by atoms with Gasteiger partial charge in [0.15, 0.2) is 0 Å². The van der Waals surface area contributed by atoms with Gasteiger partial charge in [-0.25, -0.2) is 0 Å². The maximum atomic E-state index is 11.6. The van der Waals surface area contributed by atoms with Crippen LogP contribution in [0.25, 0.3) is 0 Å². The summed E-state index contributed by atoms with van der Waals surface area (Å²) in [4.78, 5) is 12.2. The molecule has 1 aromatic heterocycles. The van der Waals surface area contributed by atoms with E-state index in [1.165, 1.54) is 11.3 Å². The summed E-state index contributed by atoms with van der Waals surface area (Å²) in [6.07, 6.45) is 0. The van der Waals surface area contributed by atoms with Crippen LogP contribution in [-0.4, -0.2) is 18.5 Å². The molecule has 0 bridgehead atoms. The third-order valence-electron chi connectivity index (χ3n) is 1.84. The predicted molar refractivity (Wildman–Crippen MR) is 60.0 cm³/mol. The molecule has 0 aliphatic heterocycles. The van der Waals surface area contributed by atoms with Gasteiger partial charge >= 0.3 is 0 Å². The lowest BCUT2D eigenvalue weighted by molar-refractivity contribution is 0.0945. The van der Waals surface area contributed by atoms with Gasteiger partial charge in [0.25, 0.3) is 5.91 Å². The third-order valence-corrected chi connectivity index (χ3v) is 3.53. The van der Waals surface area contributed by atoms with Gasteiger partial charge in [-0.3, -0.25) is 4.79 Å². The van der Waals surface area contributed by atoms with Crippen molar-refractivity contribution in [1.29, 1.82) is 0 Å². The van der Waals surface area contributed by atoms with Crippen LogP contribution in [0, 0.1) is 6.92 Å². The lowest BCUT2D eigenvalue weighted by atomic mass is 10.3. The van der Waals surface area contributed by atoms with Crippen LogP contribution in [0.15, 0.2) is 5.38 Å². The number of amides is 1. The van der Waals surface area contributed by atoms with Gasteiger partial charge in [-0.1, -0.05) is 11.6 Å². The Kier molecular flexibility index (Phi) is 3.92. The molecule has 1 aromatic rings. The molecule has 0 saturated carbocycles. The zero-order chi connectivity index (χ0) is 10.7. The number of aryl methyl sites for hydroxylation is 1. The Balaban J connectivity index is 2.75. The highest BCUT2D eigenvalue weighted by Crippen LogP contribution is 2.26. The predicted octanol–water partition coefficient (Wildman–Crippen LogP) is 1.79.